The summed E-state index contributed by atoms with van der Waals surface area (Å²) in [7, 11) is 1.55. The van der Waals surface area contributed by atoms with Crippen LogP contribution in [0.4, 0.5) is 0 Å². The molecular weight excluding hydrogens is 462 g/mol. The Bertz CT molecular complexity index is 220. The van der Waals surface area contributed by atoms with Crippen LogP contribution in [0.15, 0.2) is 0 Å². The first-order valence-corrected chi connectivity index (χ1v) is 11.3. The van der Waals surface area contributed by atoms with Gasteiger partial charge in [-0.3, -0.25) is 0 Å². The van der Waals surface area contributed by atoms with Crippen molar-refractivity contribution in [2.24, 2.45) is 0 Å². The molecule has 0 aromatic heterocycles. The molecule has 7 heteroatoms. The van der Waals surface area contributed by atoms with Crippen molar-refractivity contribution in [3.05, 3.63) is 0 Å². The van der Waals surface area contributed by atoms with Gasteiger partial charge in [0.1, 0.15) is 0 Å². The Balaban J connectivity index is 0. The molecule has 0 aromatic rings. The molecule has 0 bridgehead atoms. The van der Waals surface area contributed by atoms with Crippen LogP contribution in [0.3, 0.4) is 0 Å². The first-order valence-electron chi connectivity index (χ1n) is 6.46. The third-order valence-corrected chi connectivity index (χ3v) is 5.55. The van der Waals surface area contributed by atoms with Crippen molar-refractivity contribution in [2.75, 3.05) is 20.3 Å². The second-order valence-electron chi connectivity index (χ2n) is 3.63. The van der Waals surface area contributed by atoms with Gasteiger partial charge in [-0.2, -0.15) is 0 Å². The van der Waals surface area contributed by atoms with E-state index in [1.165, 1.54) is 6.42 Å². The van der Waals surface area contributed by atoms with E-state index < -0.39 is 6.72 Å². The van der Waals surface area contributed by atoms with Crippen molar-refractivity contribution in [2.45, 2.75) is 53.1 Å². The van der Waals surface area contributed by atoms with E-state index in [9.17, 15) is 0 Å². The van der Waals surface area contributed by atoms with E-state index in [1.54, 1.807) is 7.11 Å². The normalized spacial score (nSPS) is 13.8. The van der Waals surface area contributed by atoms with Crippen molar-refractivity contribution >= 4 is 44.6 Å². The van der Waals surface area contributed by atoms with Crippen molar-refractivity contribution in [3.63, 3.8) is 0 Å². The van der Waals surface area contributed by atoms with Crippen molar-refractivity contribution < 1.29 is 13.6 Å². The van der Waals surface area contributed by atoms with Gasteiger partial charge in [0.2, 0.25) is 0 Å². The molecule has 0 fully saturated rings. The SMILES string of the molecule is CC.COP(=S)(OCCCCC[NH][Tl])OC(C)C. The minimum atomic E-state index is -2.49. The summed E-state index contributed by atoms with van der Waals surface area (Å²) in [5.41, 5.74) is 0. The summed E-state index contributed by atoms with van der Waals surface area (Å²) in [4.78, 5) is 0. The molecule has 0 aliphatic carbocycles. The standard InChI is InChI=1S/C9H21NO3PS.C2H6.Tl/c1-9(2)13-14(15,11-3)12-8-6-4-5-7-10;1-2;/h9-10H,4-8H2,1-3H3;1-2H3;/q-1;;+1. The average Bonchev–Trinajstić information content (AvgIpc) is 2.35. The number of rotatable bonds is 10. The molecule has 4 nitrogen and oxygen atoms in total. The van der Waals surface area contributed by atoms with Crippen LogP contribution in [0.2, 0.25) is 0 Å². The first kappa shape index (κ1) is 21.7. The number of unbranched alkanes of at least 4 members (excludes halogenated alkanes) is 2. The molecule has 18 heavy (non-hydrogen) atoms. The fourth-order valence-electron chi connectivity index (χ4n) is 1.07. The number of nitrogens with one attached hydrogen (secondary N) is 1. The van der Waals surface area contributed by atoms with E-state index in [-0.39, 0.29) is 6.10 Å². The van der Waals surface area contributed by atoms with Gasteiger partial charge >= 0.3 is 121 Å². The Morgan fingerprint density at radius 3 is 2.28 bits per heavy atom. The van der Waals surface area contributed by atoms with E-state index in [1.807, 2.05) is 27.7 Å². The fourth-order valence-corrected chi connectivity index (χ4v) is 3.72. The predicted octanol–water partition coefficient (Wildman–Crippen LogP) is 3.17. The van der Waals surface area contributed by atoms with E-state index >= 15 is 0 Å². The quantitative estimate of drug-likeness (QED) is 0.291. The van der Waals surface area contributed by atoms with Gasteiger partial charge in [-0.15, -0.1) is 0 Å². The zero-order valence-electron chi connectivity index (χ0n) is 12.3. The molecule has 1 N–H and O–H groups in total. The molecule has 0 saturated carbocycles. The Labute approximate surface area is 134 Å². The van der Waals surface area contributed by atoms with Gasteiger partial charge in [0.05, 0.1) is 0 Å². The Hall–Kier alpha value is 1.41. The summed E-state index contributed by atoms with van der Waals surface area (Å²) < 4.78 is 19.5. The Kier molecular flexibility index (Phi) is 17.9. The van der Waals surface area contributed by atoms with Crippen molar-refractivity contribution in [1.29, 1.82) is 0 Å². The van der Waals surface area contributed by atoms with E-state index in [0.717, 1.165) is 45.5 Å². The van der Waals surface area contributed by atoms with Crippen LogP contribution < -0.4 is 3.13 Å². The van der Waals surface area contributed by atoms with Crippen LogP contribution in [0.25, 0.3) is 0 Å². The van der Waals surface area contributed by atoms with Crippen LogP contribution in [0.5, 0.6) is 0 Å². The van der Waals surface area contributed by atoms with Gasteiger partial charge in [0.15, 0.2) is 0 Å². The van der Waals surface area contributed by atoms with Gasteiger partial charge in [0, 0.05) is 0 Å². The topological polar surface area (TPSA) is 39.7 Å². The molecule has 1 unspecified atom stereocenters. The van der Waals surface area contributed by atoms with Gasteiger partial charge in [-0.1, -0.05) is 13.8 Å². The molecule has 0 rings (SSSR count). The zero-order chi connectivity index (χ0) is 14.4. The molecule has 0 amide bonds. The van der Waals surface area contributed by atoms with Crippen molar-refractivity contribution in [3.8, 4) is 0 Å². The summed E-state index contributed by atoms with van der Waals surface area (Å²) in [6.45, 7) is 7.12. The summed E-state index contributed by atoms with van der Waals surface area (Å²) in [5, 5.41) is 0. The molecule has 0 aliphatic heterocycles. The maximum absolute atomic E-state index is 5.54. The Morgan fingerprint density at radius 1 is 1.22 bits per heavy atom. The third kappa shape index (κ3) is 13.8. The van der Waals surface area contributed by atoms with Gasteiger partial charge in [-0.05, 0) is 0 Å². The molecule has 0 aliphatic rings. The zero-order valence-corrected chi connectivity index (χ0v) is 18.5. The minimum absolute atomic E-state index is 0.0426. The van der Waals surface area contributed by atoms with Crippen LogP contribution >= 0.6 is 6.72 Å². The molecule has 0 radical (unpaired) electrons. The predicted molar refractivity (Wildman–Crippen MR) is 82.4 cm³/mol. The fraction of sp³-hybridized carbons (Fsp3) is 1.00. The monoisotopic (exact) mass is 489 g/mol. The van der Waals surface area contributed by atoms with Crippen molar-refractivity contribution in [1.82, 2.24) is 3.13 Å². The van der Waals surface area contributed by atoms with E-state index in [2.05, 4.69) is 3.13 Å². The molecule has 0 aromatic carbocycles. The van der Waals surface area contributed by atoms with Gasteiger partial charge in [-0.25, -0.2) is 0 Å². The number of hydrogen-bond acceptors (Lipinski definition) is 5. The van der Waals surface area contributed by atoms with Gasteiger partial charge in [0.25, 0.3) is 0 Å². The third-order valence-electron chi connectivity index (χ3n) is 1.78. The molecule has 0 heterocycles. The summed E-state index contributed by atoms with van der Waals surface area (Å²) in [6, 6.07) is 0. The molecule has 0 spiro atoms. The summed E-state index contributed by atoms with van der Waals surface area (Å²) in [5.74, 6) is 0. The molecular formula is C11H27NO3PSTl. The Morgan fingerprint density at radius 2 is 1.83 bits per heavy atom. The summed E-state index contributed by atoms with van der Waals surface area (Å²) in [6.07, 6.45) is 3.40. The average molecular weight is 489 g/mol. The molecule has 108 valence electrons. The van der Waals surface area contributed by atoms with Gasteiger partial charge < -0.3 is 0 Å². The molecule has 0 saturated heterocycles. The maximum atomic E-state index is 5.54. The molecule has 1 atom stereocenters. The first-order chi connectivity index (χ1) is 8.54. The van der Waals surface area contributed by atoms with E-state index in [0.29, 0.717) is 6.61 Å². The van der Waals surface area contributed by atoms with Crippen LogP contribution in [-0.2, 0) is 25.4 Å². The summed E-state index contributed by atoms with van der Waals surface area (Å²) >= 11 is 6.11. The second kappa shape index (κ2) is 14.8. The van der Waals surface area contributed by atoms with E-state index in [4.69, 9.17) is 25.4 Å². The van der Waals surface area contributed by atoms with Crippen LogP contribution in [-0.4, -0.2) is 52.4 Å². The number of hydrogen-bond donors (Lipinski definition) is 1. The van der Waals surface area contributed by atoms with Crippen LogP contribution in [0.1, 0.15) is 47.0 Å². The van der Waals surface area contributed by atoms with Crippen LogP contribution in [0, 0.1) is 0 Å². The second-order valence-corrected chi connectivity index (χ2v) is 8.29.